The van der Waals surface area contributed by atoms with Crippen molar-refractivity contribution >= 4 is 12.0 Å². The summed E-state index contributed by atoms with van der Waals surface area (Å²) in [5, 5.41) is 17.6. The van der Waals surface area contributed by atoms with Crippen LogP contribution in [-0.2, 0) is 13.0 Å². The predicted octanol–water partition coefficient (Wildman–Crippen LogP) is 0.810. The fourth-order valence-corrected chi connectivity index (χ4v) is 1.63. The Morgan fingerprint density at radius 2 is 1.95 bits per heavy atom. The summed E-state index contributed by atoms with van der Waals surface area (Å²) in [6, 6.07) is 6.19. The zero-order valence-electron chi connectivity index (χ0n) is 11.1. The fourth-order valence-electron chi connectivity index (χ4n) is 1.63. The summed E-state index contributed by atoms with van der Waals surface area (Å²) in [5.74, 6) is -0.560. The second-order valence-corrected chi connectivity index (χ2v) is 4.21. The van der Waals surface area contributed by atoms with Crippen LogP contribution in [0.3, 0.4) is 0 Å². The van der Waals surface area contributed by atoms with Crippen LogP contribution in [0.25, 0.3) is 0 Å². The van der Waals surface area contributed by atoms with Crippen molar-refractivity contribution in [2.75, 3.05) is 6.54 Å². The minimum atomic E-state index is -0.958. The van der Waals surface area contributed by atoms with E-state index in [0.717, 1.165) is 5.56 Å². The third-order valence-electron chi connectivity index (χ3n) is 2.71. The van der Waals surface area contributed by atoms with Crippen molar-refractivity contribution in [3.63, 3.8) is 0 Å². The molecule has 0 radical (unpaired) electrons. The molecule has 110 valence electrons. The Labute approximate surface area is 120 Å². The smallest absolute Gasteiger partial charge is 0.335 e. The molecule has 21 heavy (non-hydrogen) atoms. The minimum Gasteiger partial charge on any atom is -0.478 e. The van der Waals surface area contributed by atoms with Crippen molar-refractivity contribution in [3.8, 4) is 0 Å². The average molecular weight is 290 g/mol. The van der Waals surface area contributed by atoms with Crippen molar-refractivity contribution in [1.82, 2.24) is 20.8 Å². The molecule has 0 spiro atoms. The number of benzene rings is 1. The molecule has 0 aliphatic heterocycles. The lowest BCUT2D eigenvalue weighted by Crippen LogP contribution is -2.36. The Morgan fingerprint density at radius 1 is 1.19 bits per heavy atom. The van der Waals surface area contributed by atoms with Crippen LogP contribution in [0.1, 0.15) is 21.7 Å². The van der Waals surface area contributed by atoms with Crippen molar-refractivity contribution < 1.29 is 19.2 Å². The van der Waals surface area contributed by atoms with Gasteiger partial charge in [-0.2, -0.15) is 4.98 Å². The monoisotopic (exact) mass is 290 g/mol. The standard InChI is InChI=1S/C13H14N4O4/c18-12(19)10-3-1-9(2-4-10)5-6-14-13(20)15-7-11-16-8-21-17-11/h1-4,8H,5-7H2,(H,18,19)(H2,14,15,20). The first-order valence-electron chi connectivity index (χ1n) is 6.24. The molecule has 1 aromatic heterocycles. The number of carbonyl (C=O) groups excluding carboxylic acids is 1. The maximum absolute atomic E-state index is 11.5. The van der Waals surface area contributed by atoms with E-state index in [0.29, 0.717) is 18.8 Å². The van der Waals surface area contributed by atoms with Gasteiger partial charge in [0.05, 0.1) is 12.1 Å². The minimum absolute atomic E-state index is 0.190. The van der Waals surface area contributed by atoms with Gasteiger partial charge in [-0.25, -0.2) is 9.59 Å². The molecule has 1 heterocycles. The van der Waals surface area contributed by atoms with E-state index >= 15 is 0 Å². The van der Waals surface area contributed by atoms with Gasteiger partial charge in [0, 0.05) is 6.54 Å². The van der Waals surface area contributed by atoms with Crippen LogP contribution in [0.15, 0.2) is 35.2 Å². The van der Waals surface area contributed by atoms with E-state index in [1.54, 1.807) is 12.1 Å². The highest BCUT2D eigenvalue weighted by molar-refractivity contribution is 5.87. The Kier molecular flexibility index (Phi) is 4.86. The highest BCUT2D eigenvalue weighted by Gasteiger charge is 2.04. The van der Waals surface area contributed by atoms with Crippen LogP contribution in [-0.4, -0.2) is 33.8 Å². The Hall–Kier alpha value is -2.90. The zero-order valence-corrected chi connectivity index (χ0v) is 11.1. The summed E-state index contributed by atoms with van der Waals surface area (Å²) < 4.78 is 4.54. The molecule has 0 aliphatic rings. The number of nitrogens with zero attached hydrogens (tertiary/aromatic N) is 2. The molecule has 8 nitrogen and oxygen atoms in total. The maximum atomic E-state index is 11.5. The van der Waals surface area contributed by atoms with Crippen LogP contribution < -0.4 is 10.6 Å². The fraction of sp³-hybridized carbons (Fsp3) is 0.231. The third kappa shape index (κ3) is 4.60. The summed E-state index contributed by atoms with van der Waals surface area (Å²) in [5.41, 5.74) is 1.18. The van der Waals surface area contributed by atoms with Crippen molar-refractivity contribution in [3.05, 3.63) is 47.6 Å². The lowest BCUT2D eigenvalue weighted by Gasteiger charge is -2.06. The number of carbonyl (C=O) groups is 2. The van der Waals surface area contributed by atoms with Crippen molar-refractivity contribution in [2.45, 2.75) is 13.0 Å². The summed E-state index contributed by atoms with van der Waals surface area (Å²) in [6.45, 7) is 0.625. The average Bonchev–Trinajstić information content (AvgIpc) is 2.99. The Morgan fingerprint density at radius 3 is 2.57 bits per heavy atom. The Balaban J connectivity index is 1.68. The van der Waals surface area contributed by atoms with Gasteiger partial charge in [0.25, 0.3) is 0 Å². The number of hydrogen-bond acceptors (Lipinski definition) is 5. The number of amides is 2. The SMILES string of the molecule is O=C(NCCc1ccc(C(=O)O)cc1)NCc1ncon1. The zero-order chi connectivity index (χ0) is 15.1. The summed E-state index contributed by atoms with van der Waals surface area (Å²) in [6.07, 6.45) is 1.80. The van der Waals surface area contributed by atoms with E-state index in [-0.39, 0.29) is 18.1 Å². The Bertz CT molecular complexity index is 595. The molecule has 0 saturated carbocycles. The van der Waals surface area contributed by atoms with Gasteiger partial charge >= 0.3 is 12.0 Å². The molecular weight excluding hydrogens is 276 g/mol. The summed E-state index contributed by atoms with van der Waals surface area (Å²) in [4.78, 5) is 26.0. The van der Waals surface area contributed by atoms with Crippen LogP contribution in [0.5, 0.6) is 0 Å². The number of carboxylic acids is 1. The quantitative estimate of drug-likeness (QED) is 0.724. The van der Waals surface area contributed by atoms with Gasteiger partial charge in [-0.05, 0) is 24.1 Å². The third-order valence-corrected chi connectivity index (χ3v) is 2.71. The molecular formula is C13H14N4O4. The molecule has 1 aromatic carbocycles. The first kappa shape index (κ1) is 14.5. The summed E-state index contributed by atoms with van der Waals surface area (Å²) >= 11 is 0. The highest BCUT2D eigenvalue weighted by atomic mass is 16.5. The molecule has 0 atom stereocenters. The number of aromatic nitrogens is 2. The molecule has 2 aromatic rings. The van der Waals surface area contributed by atoms with Gasteiger partial charge in [0.1, 0.15) is 0 Å². The van der Waals surface area contributed by atoms with E-state index in [2.05, 4.69) is 25.3 Å². The number of nitrogens with one attached hydrogen (secondary N) is 2. The van der Waals surface area contributed by atoms with Gasteiger partial charge in [-0.1, -0.05) is 17.3 Å². The maximum Gasteiger partial charge on any atom is 0.335 e. The lowest BCUT2D eigenvalue weighted by molar-refractivity contribution is 0.0697. The predicted molar refractivity (Wildman–Crippen MR) is 71.6 cm³/mol. The molecule has 0 saturated heterocycles. The van der Waals surface area contributed by atoms with Crippen LogP contribution in [0.4, 0.5) is 4.79 Å². The van der Waals surface area contributed by atoms with Gasteiger partial charge in [0.15, 0.2) is 5.82 Å². The molecule has 0 unspecified atom stereocenters. The topological polar surface area (TPSA) is 117 Å². The number of hydrogen-bond donors (Lipinski definition) is 3. The van der Waals surface area contributed by atoms with E-state index in [1.807, 2.05) is 0 Å². The molecule has 3 N–H and O–H groups in total. The second kappa shape index (κ2) is 7.04. The molecule has 8 heteroatoms. The first-order chi connectivity index (χ1) is 10.1. The molecule has 0 fully saturated rings. The normalized spacial score (nSPS) is 10.1. The van der Waals surface area contributed by atoms with Crippen molar-refractivity contribution in [2.24, 2.45) is 0 Å². The van der Waals surface area contributed by atoms with Crippen LogP contribution in [0, 0.1) is 0 Å². The lowest BCUT2D eigenvalue weighted by atomic mass is 10.1. The molecule has 0 bridgehead atoms. The number of rotatable bonds is 6. The van der Waals surface area contributed by atoms with E-state index in [1.165, 1.54) is 18.5 Å². The van der Waals surface area contributed by atoms with Gasteiger partial charge in [-0.15, -0.1) is 0 Å². The van der Waals surface area contributed by atoms with Crippen molar-refractivity contribution in [1.29, 1.82) is 0 Å². The molecule has 2 rings (SSSR count). The highest BCUT2D eigenvalue weighted by Crippen LogP contribution is 2.04. The van der Waals surface area contributed by atoms with E-state index in [9.17, 15) is 9.59 Å². The van der Waals surface area contributed by atoms with Crippen LogP contribution >= 0.6 is 0 Å². The van der Waals surface area contributed by atoms with Gasteiger partial charge in [-0.3, -0.25) is 0 Å². The molecule has 2 amide bonds. The summed E-state index contributed by atoms with van der Waals surface area (Å²) in [7, 11) is 0. The van der Waals surface area contributed by atoms with Gasteiger partial charge in [0.2, 0.25) is 6.39 Å². The number of urea groups is 1. The van der Waals surface area contributed by atoms with E-state index < -0.39 is 5.97 Å². The second-order valence-electron chi connectivity index (χ2n) is 4.21. The van der Waals surface area contributed by atoms with Gasteiger partial charge < -0.3 is 20.3 Å². The number of aromatic carboxylic acids is 1. The largest absolute Gasteiger partial charge is 0.478 e. The van der Waals surface area contributed by atoms with Crippen LogP contribution in [0.2, 0.25) is 0 Å². The first-order valence-corrected chi connectivity index (χ1v) is 6.24. The molecule has 0 aliphatic carbocycles. The number of carboxylic acid groups (broad SMARTS) is 1. The van der Waals surface area contributed by atoms with E-state index in [4.69, 9.17) is 5.11 Å².